The van der Waals surface area contributed by atoms with E-state index in [1.54, 1.807) is 28.0 Å². The van der Waals surface area contributed by atoms with Crippen molar-refractivity contribution in [2.45, 2.75) is 11.0 Å². The molecule has 31 heavy (non-hydrogen) atoms. The molecule has 6 nitrogen and oxygen atoms in total. The molecule has 2 fully saturated rings. The van der Waals surface area contributed by atoms with Crippen molar-refractivity contribution >= 4 is 35.3 Å². The fraction of sp³-hybridized carbons (Fsp3) is 0.391. The Kier molecular flexibility index (Phi) is 7.29. The molecule has 2 aliphatic heterocycles. The number of hydrogen-bond donors (Lipinski definition) is 1. The Bertz CT molecular complexity index is 908. The van der Waals surface area contributed by atoms with Gasteiger partial charge in [0.05, 0.1) is 10.1 Å². The standard InChI is InChI=1S/C23H26N2O4S2/c26-20-5-2-1-4-19(20)22(28)25-12-10-24(11-13-25)21(27)16-29-18-8-6-17(7-9-18)23-30-14-3-15-31-23/h1-2,4-9,23,26H,3,10-16H2. The van der Waals surface area contributed by atoms with Gasteiger partial charge in [-0.25, -0.2) is 0 Å². The molecule has 0 spiro atoms. The van der Waals surface area contributed by atoms with Gasteiger partial charge in [0, 0.05) is 26.2 Å². The molecule has 2 heterocycles. The van der Waals surface area contributed by atoms with Crippen LogP contribution in [0.5, 0.6) is 11.5 Å². The molecule has 2 aromatic rings. The Morgan fingerprint density at radius 1 is 0.935 bits per heavy atom. The number of nitrogens with zero attached hydrogens (tertiary/aromatic N) is 2. The fourth-order valence-corrected chi connectivity index (χ4v) is 6.52. The van der Waals surface area contributed by atoms with Gasteiger partial charge >= 0.3 is 0 Å². The Labute approximate surface area is 190 Å². The van der Waals surface area contributed by atoms with E-state index in [1.807, 2.05) is 35.7 Å². The SMILES string of the molecule is O=C(COc1ccc(C2SCCCS2)cc1)N1CCN(C(=O)c2ccccc2O)CC1. The summed E-state index contributed by atoms with van der Waals surface area (Å²) < 4.78 is 6.19. The lowest BCUT2D eigenvalue weighted by atomic mass is 10.1. The number of carbonyl (C=O) groups excluding carboxylic acids is 2. The Hall–Kier alpha value is -2.32. The third kappa shape index (κ3) is 5.49. The number of thioether (sulfide) groups is 2. The average molecular weight is 459 g/mol. The summed E-state index contributed by atoms with van der Waals surface area (Å²) in [5, 5.41) is 9.89. The molecule has 0 bridgehead atoms. The number of phenolic OH excluding ortho intramolecular Hbond substituents is 1. The summed E-state index contributed by atoms with van der Waals surface area (Å²) >= 11 is 3.96. The summed E-state index contributed by atoms with van der Waals surface area (Å²) in [7, 11) is 0. The van der Waals surface area contributed by atoms with Crippen molar-refractivity contribution in [2.75, 3.05) is 44.3 Å². The maximum absolute atomic E-state index is 12.6. The summed E-state index contributed by atoms with van der Waals surface area (Å²) in [6.45, 7) is 1.77. The van der Waals surface area contributed by atoms with Gasteiger partial charge in [0.25, 0.3) is 11.8 Å². The predicted octanol–water partition coefficient (Wildman–Crippen LogP) is 3.62. The monoisotopic (exact) mass is 458 g/mol. The number of carbonyl (C=O) groups is 2. The molecule has 0 aliphatic carbocycles. The molecule has 0 unspecified atom stereocenters. The van der Waals surface area contributed by atoms with E-state index in [9.17, 15) is 14.7 Å². The zero-order valence-electron chi connectivity index (χ0n) is 17.2. The highest BCUT2D eigenvalue weighted by Gasteiger charge is 2.26. The summed E-state index contributed by atoms with van der Waals surface area (Å²) in [6, 6.07) is 14.6. The minimum Gasteiger partial charge on any atom is -0.507 e. The van der Waals surface area contributed by atoms with Crippen LogP contribution in [-0.4, -0.2) is 71.0 Å². The Balaban J connectivity index is 1.24. The molecule has 2 amide bonds. The lowest BCUT2D eigenvalue weighted by Gasteiger charge is -2.34. The highest BCUT2D eigenvalue weighted by molar-refractivity contribution is 8.16. The van der Waals surface area contributed by atoms with Gasteiger partial charge in [0.2, 0.25) is 0 Å². The molecule has 2 aliphatic rings. The summed E-state index contributed by atoms with van der Waals surface area (Å²) in [4.78, 5) is 28.5. The first-order chi connectivity index (χ1) is 15.1. The number of benzene rings is 2. The first kappa shape index (κ1) is 21.9. The number of aromatic hydroxyl groups is 1. The van der Waals surface area contributed by atoms with Crippen LogP contribution in [0.3, 0.4) is 0 Å². The molecule has 4 rings (SSSR count). The van der Waals surface area contributed by atoms with Crippen LogP contribution in [0, 0.1) is 0 Å². The van der Waals surface area contributed by atoms with Crippen molar-refractivity contribution in [1.82, 2.24) is 9.80 Å². The maximum atomic E-state index is 12.6. The molecular weight excluding hydrogens is 432 g/mol. The topological polar surface area (TPSA) is 70.1 Å². The zero-order valence-corrected chi connectivity index (χ0v) is 18.9. The normalized spacial score (nSPS) is 17.4. The van der Waals surface area contributed by atoms with Crippen LogP contribution in [0.1, 0.15) is 26.9 Å². The first-order valence-electron chi connectivity index (χ1n) is 10.4. The second-order valence-electron chi connectivity index (χ2n) is 7.47. The number of ether oxygens (including phenoxy) is 1. The molecule has 8 heteroatoms. The highest BCUT2D eigenvalue weighted by Crippen LogP contribution is 2.43. The molecule has 0 atom stereocenters. The minimum absolute atomic E-state index is 0.0142. The van der Waals surface area contributed by atoms with E-state index in [4.69, 9.17) is 4.74 Å². The maximum Gasteiger partial charge on any atom is 0.260 e. The average Bonchev–Trinajstić information content (AvgIpc) is 2.83. The van der Waals surface area contributed by atoms with Crippen LogP contribution < -0.4 is 4.74 Å². The van der Waals surface area contributed by atoms with Gasteiger partial charge in [0.1, 0.15) is 11.5 Å². The lowest BCUT2D eigenvalue weighted by Crippen LogP contribution is -2.51. The lowest BCUT2D eigenvalue weighted by molar-refractivity contribution is -0.134. The number of amides is 2. The van der Waals surface area contributed by atoms with E-state index < -0.39 is 0 Å². The van der Waals surface area contributed by atoms with Crippen molar-refractivity contribution in [3.8, 4) is 11.5 Å². The van der Waals surface area contributed by atoms with Crippen LogP contribution in [0.2, 0.25) is 0 Å². The minimum atomic E-state index is -0.212. The van der Waals surface area contributed by atoms with Crippen LogP contribution in [0.25, 0.3) is 0 Å². The Morgan fingerprint density at radius 3 is 2.26 bits per heavy atom. The first-order valence-corrected chi connectivity index (χ1v) is 12.5. The number of hydrogen-bond acceptors (Lipinski definition) is 6. The Morgan fingerprint density at radius 2 is 1.58 bits per heavy atom. The highest BCUT2D eigenvalue weighted by atomic mass is 32.2. The van der Waals surface area contributed by atoms with Gasteiger partial charge in [0.15, 0.2) is 6.61 Å². The molecule has 164 valence electrons. The fourth-order valence-electron chi connectivity index (χ4n) is 3.62. The summed E-state index contributed by atoms with van der Waals surface area (Å²) in [6.07, 6.45) is 1.27. The van der Waals surface area contributed by atoms with E-state index in [1.165, 1.54) is 29.6 Å². The third-order valence-corrected chi connectivity index (χ3v) is 8.41. The van der Waals surface area contributed by atoms with Crippen molar-refractivity contribution in [3.63, 3.8) is 0 Å². The third-order valence-electron chi connectivity index (χ3n) is 5.40. The number of para-hydroxylation sites is 1. The van der Waals surface area contributed by atoms with E-state index in [-0.39, 0.29) is 24.2 Å². The largest absolute Gasteiger partial charge is 0.507 e. The van der Waals surface area contributed by atoms with E-state index in [0.717, 1.165) is 0 Å². The van der Waals surface area contributed by atoms with E-state index in [2.05, 4.69) is 12.1 Å². The second kappa shape index (κ2) is 10.3. The summed E-state index contributed by atoms with van der Waals surface area (Å²) in [5.74, 6) is 2.78. The summed E-state index contributed by atoms with van der Waals surface area (Å²) in [5.41, 5.74) is 1.58. The smallest absolute Gasteiger partial charge is 0.260 e. The van der Waals surface area contributed by atoms with Crippen LogP contribution >= 0.6 is 23.5 Å². The number of phenols is 1. The van der Waals surface area contributed by atoms with Crippen molar-refractivity contribution < 1.29 is 19.4 Å². The van der Waals surface area contributed by atoms with E-state index in [0.29, 0.717) is 42.1 Å². The van der Waals surface area contributed by atoms with Crippen LogP contribution in [0.15, 0.2) is 48.5 Å². The van der Waals surface area contributed by atoms with Crippen LogP contribution in [-0.2, 0) is 4.79 Å². The predicted molar refractivity (Wildman–Crippen MR) is 125 cm³/mol. The van der Waals surface area contributed by atoms with E-state index >= 15 is 0 Å². The van der Waals surface area contributed by atoms with Gasteiger partial charge in [-0.2, -0.15) is 0 Å². The van der Waals surface area contributed by atoms with Gasteiger partial charge in [-0.3, -0.25) is 9.59 Å². The van der Waals surface area contributed by atoms with Crippen molar-refractivity contribution in [2.24, 2.45) is 0 Å². The second-order valence-corrected chi connectivity index (χ2v) is 10.2. The number of piperazine rings is 1. The van der Waals surface area contributed by atoms with Crippen molar-refractivity contribution in [1.29, 1.82) is 0 Å². The molecule has 0 radical (unpaired) electrons. The molecular formula is C23H26N2O4S2. The molecule has 1 N–H and O–H groups in total. The van der Waals surface area contributed by atoms with Gasteiger partial charge in [-0.15, -0.1) is 23.5 Å². The quantitative estimate of drug-likeness (QED) is 0.738. The zero-order chi connectivity index (χ0) is 21.6. The van der Waals surface area contributed by atoms with Gasteiger partial charge < -0.3 is 19.6 Å². The van der Waals surface area contributed by atoms with Crippen LogP contribution in [0.4, 0.5) is 0 Å². The van der Waals surface area contributed by atoms with Crippen molar-refractivity contribution in [3.05, 3.63) is 59.7 Å². The molecule has 2 aromatic carbocycles. The molecule has 0 aromatic heterocycles. The number of rotatable bonds is 5. The van der Waals surface area contributed by atoms with Gasteiger partial charge in [-0.05, 0) is 47.8 Å². The van der Waals surface area contributed by atoms with Gasteiger partial charge in [-0.1, -0.05) is 24.3 Å². The molecule has 2 saturated heterocycles. The molecule has 0 saturated carbocycles.